The Labute approximate surface area is 157 Å². The molecule has 0 unspecified atom stereocenters. The summed E-state index contributed by atoms with van der Waals surface area (Å²) < 4.78 is 13.9. The largest absolute Gasteiger partial charge is 0.370 e. The fourth-order valence-electron chi connectivity index (χ4n) is 2.96. The lowest BCUT2D eigenvalue weighted by Crippen LogP contribution is -2.51. The van der Waals surface area contributed by atoms with E-state index in [0.29, 0.717) is 24.6 Å². The van der Waals surface area contributed by atoms with Crippen molar-refractivity contribution in [3.05, 3.63) is 46.7 Å². The highest BCUT2D eigenvalue weighted by Crippen LogP contribution is 2.19. The summed E-state index contributed by atoms with van der Waals surface area (Å²) >= 11 is 1.65. The summed E-state index contributed by atoms with van der Waals surface area (Å²) in [5.74, 6) is 0.361. The van der Waals surface area contributed by atoms with E-state index < -0.39 is 0 Å². The third-order valence-electron chi connectivity index (χ3n) is 4.31. The van der Waals surface area contributed by atoms with Crippen molar-refractivity contribution in [2.24, 2.45) is 10.7 Å². The Morgan fingerprint density at radius 2 is 2.08 bits per heavy atom. The van der Waals surface area contributed by atoms with Crippen molar-refractivity contribution < 1.29 is 4.39 Å². The van der Waals surface area contributed by atoms with Gasteiger partial charge in [0, 0.05) is 49.9 Å². The fraction of sp³-hybridized carbons (Fsp3) is 0.444. The Hall–Kier alpha value is -2.19. The maximum Gasteiger partial charge on any atom is 0.191 e. The van der Waals surface area contributed by atoms with Crippen molar-refractivity contribution in [3.8, 4) is 0 Å². The number of piperazine rings is 1. The molecule has 2 heterocycles. The molecule has 1 aliphatic rings. The van der Waals surface area contributed by atoms with Gasteiger partial charge in [-0.15, -0.1) is 11.3 Å². The van der Waals surface area contributed by atoms with Crippen LogP contribution in [0.4, 0.5) is 9.52 Å². The third-order valence-corrected chi connectivity index (χ3v) is 5.15. The summed E-state index contributed by atoms with van der Waals surface area (Å²) in [4.78, 5) is 15.2. The molecular formula is C18H25FN6S. The lowest BCUT2D eigenvalue weighted by molar-refractivity contribution is 0.380. The topological polar surface area (TPSA) is 61.0 Å². The molecule has 3 rings (SSSR count). The second-order valence-electron chi connectivity index (χ2n) is 6.63. The van der Waals surface area contributed by atoms with E-state index in [1.807, 2.05) is 36.6 Å². The van der Waals surface area contributed by atoms with Crippen LogP contribution in [0.2, 0.25) is 0 Å². The number of rotatable bonds is 5. The number of hydrogen-bond acceptors (Lipinski definition) is 5. The van der Waals surface area contributed by atoms with Gasteiger partial charge in [0.05, 0.1) is 6.54 Å². The molecule has 0 radical (unpaired) electrons. The molecule has 2 N–H and O–H groups in total. The second-order valence-corrected chi connectivity index (χ2v) is 7.50. The van der Waals surface area contributed by atoms with Gasteiger partial charge >= 0.3 is 0 Å². The number of aromatic nitrogens is 1. The zero-order valence-electron chi connectivity index (χ0n) is 15.2. The van der Waals surface area contributed by atoms with Crippen molar-refractivity contribution in [1.82, 2.24) is 14.8 Å². The summed E-state index contributed by atoms with van der Waals surface area (Å²) in [5, 5.41) is 3.05. The van der Waals surface area contributed by atoms with Gasteiger partial charge in [0.1, 0.15) is 5.82 Å². The number of hydrogen-bond donors (Lipinski definition) is 1. The van der Waals surface area contributed by atoms with Crippen LogP contribution in [0.15, 0.2) is 34.8 Å². The molecule has 1 fully saturated rings. The summed E-state index contributed by atoms with van der Waals surface area (Å²) in [6, 6.07) is 5.14. The highest BCUT2D eigenvalue weighted by Gasteiger charge is 2.19. The van der Waals surface area contributed by atoms with E-state index in [-0.39, 0.29) is 5.82 Å². The minimum absolute atomic E-state index is 0.183. The van der Waals surface area contributed by atoms with Crippen LogP contribution in [0.1, 0.15) is 11.1 Å². The highest BCUT2D eigenvalue weighted by molar-refractivity contribution is 7.13. The molecule has 0 spiro atoms. The molecule has 0 amide bonds. The van der Waals surface area contributed by atoms with E-state index in [0.717, 1.165) is 36.9 Å². The van der Waals surface area contributed by atoms with Crippen LogP contribution >= 0.6 is 11.3 Å². The first-order valence-electron chi connectivity index (χ1n) is 8.64. The van der Waals surface area contributed by atoms with Crippen molar-refractivity contribution in [1.29, 1.82) is 0 Å². The molecule has 0 atom stereocenters. The van der Waals surface area contributed by atoms with E-state index in [4.69, 9.17) is 5.73 Å². The monoisotopic (exact) mass is 376 g/mol. The zero-order chi connectivity index (χ0) is 18.5. The van der Waals surface area contributed by atoms with Crippen molar-refractivity contribution in [2.45, 2.75) is 13.1 Å². The van der Waals surface area contributed by atoms with Gasteiger partial charge in [-0.05, 0) is 31.8 Å². The van der Waals surface area contributed by atoms with E-state index in [1.165, 1.54) is 6.07 Å². The molecular weight excluding hydrogens is 351 g/mol. The van der Waals surface area contributed by atoms with E-state index in [2.05, 4.69) is 19.8 Å². The number of anilines is 1. The normalized spacial score (nSPS) is 15.8. The Morgan fingerprint density at radius 3 is 2.73 bits per heavy atom. The van der Waals surface area contributed by atoms with Gasteiger partial charge in [0.25, 0.3) is 0 Å². The van der Waals surface area contributed by atoms with Gasteiger partial charge in [-0.1, -0.05) is 6.07 Å². The number of nitrogens with two attached hydrogens (primary N) is 1. The SMILES string of the molecule is CN(C)Cc1cc(CN=C(N)N2CCN(c3nccs3)CC2)ccc1F. The standard InChI is InChI=1S/C18H25FN6S/c1-23(2)13-15-11-14(3-4-16(15)19)12-22-17(20)24-6-8-25(9-7-24)18-21-5-10-26-18/h3-5,10-11H,6-9,12-13H2,1-2H3,(H2,20,22). The second kappa shape index (κ2) is 8.46. The maximum absolute atomic E-state index is 13.9. The summed E-state index contributed by atoms with van der Waals surface area (Å²) in [5.41, 5.74) is 7.82. The molecule has 140 valence electrons. The molecule has 26 heavy (non-hydrogen) atoms. The first kappa shape index (κ1) is 18.6. The van der Waals surface area contributed by atoms with Gasteiger partial charge < -0.3 is 20.4 Å². The molecule has 0 saturated carbocycles. The molecule has 0 aliphatic carbocycles. The van der Waals surface area contributed by atoms with Gasteiger partial charge in [-0.2, -0.15) is 0 Å². The number of benzene rings is 1. The third kappa shape index (κ3) is 4.70. The van der Waals surface area contributed by atoms with E-state index in [1.54, 1.807) is 17.4 Å². The fourth-order valence-corrected chi connectivity index (χ4v) is 3.66. The minimum Gasteiger partial charge on any atom is -0.370 e. The lowest BCUT2D eigenvalue weighted by atomic mass is 10.1. The number of guanidine groups is 1. The smallest absolute Gasteiger partial charge is 0.191 e. The number of aliphatic imine (C=N–C) groups is 1. The van der Waals surface area contributed by atoms with Crippen LogP contribution in [-0.2, 0) is 13.1 Å². The van der Waals surface area contributed by atoms with Gasteiger partial charge in [-0.3, -0.25) is 0 Å². The predicted octanol–water partition coefficient (Wildman–Crippen LogP) is 1.98. The quantitative estimate of drug-likeness (QED) is 0.639. The number of halogens is 1. The Morgan fingerprint density at radius 1 is 1.31 bits per heavy atom. The number of thiazole rings is 1. The van der Waals surface area contributed by atoms with E-state index in [9.17, 15) is 4.39 Å². The maximum atomic E-state index is 13.9. The molecule has 1 aliphatic heterocycles. The minimum atomic E-state index is -0.183. The summed E-state index contributed by atoms with van der Waals surface area (Å²) in [7, 11) is 3.85. The van der Waals surface area contributed by atoms with E-state index >= 15 is 0 Å². The summed E-state index contributed by atoms with van der Waals surface area (Å²) in [6.07, 6.45) is 1.83. The highest BCUT2D eigenvalue weighted by atomic mass is 32.1. The molecule has 1 aromatic heterocycles. The number of nitrogens with zero attached hydrogens (tertiary/aromatic N) is 5. The Bertz CT molecular complexity index is 738. The van der Waals surface area contributed by atoms with Gasteiger partial charge in [0.2, 0.25) is 0 Å². The summed E-state index contributed by atoms with van der Waals surface area (Å²) in [6.45, 7) is 4.44. The molecule has 6 nitrogen and oxygen atoms in total. The molecule has 0 bridgehead atoms. The first-order chi connectivity index (χ1) is 12.5. The Kier molecular flexibility index (Phi) is 6.05. The first-order valence-corrected chi connectivity index (χ1v) is 9.52. The van der Waals surface area contributed by atoms with Crippen LogP contribution in [-0.4, -0.2) is 61.0 Å². The van der Waals surface area contributed by atoms with Crippen LogP contribution in [0.25, 0.3) is 0 Å². The molecule has 1 aromatic carbocycles. The van der Waals surface area contributed by atoms with Crippen molar-refractivity contribution in [2.75, 3.05) is 45.2 Å². The van der Waals surface area contributed by atoms with Gasteiger partial charge in [0.15, 0.2) is 11.1 Å². The average Bonchev–Trinajstić information content (AvgIpc) is 3.16. The van der Waals surface area contributed by atoms with Crippen LogP contribution in [0.5, 0.6) is 0 Å². The average molecular weight is 377 g/mol. The van der Waals surface area contributed by atoms with Crippen LogP contribution in [0, 0.1) is 5.82 Å². The molecule has 2 aromatic rings. The Balaban J connectivity index is 1.57. The van der Waals surface area contributed by atoms with Crippen LogP contribution < -0.4 is 10.6 Å². The molecule has 1 saturated heterocycles. The van der Waals surface area contributed by atoms with Crippen LogP contribution in [0.3, 0.4) is 0 Å². The zero-order valence-corrected chi connectivity index (χ0v) is 16.0. The van der Waals surface area contributed by atoms with Gasteiger partial charge in [-0.25, -0.2) is 14.4 Å². The van der Waals surface area contributed by atoms with Crippen molar-refractivity contribution in [3.63, 3.8) is 0 Å². The predicted molar refractivity (Wildman–Crippen MR) is 105 cm³/mol. The van der Waals surface area contributed by atoms with Crippen molar-refractivity contribution >= 4 is 22.4 Å². The molecule has 8 heteroatoms. The lowest BCUT2D eigenvalue weighted by Gasteiger charge is -2.35.